The molecule has 1 nitrogen and oxygen atoms in total. The molecule has 2 heteroatoms. The Bertz CT molecular complexity index is 2880. The predicted molar refractivity (Wildman–Crippen MR) is 281 cm³/mol. The van der Waals surface area contributed by atoms with Gasteiger partial charge in [-0.2, -0.15) is 0 Å². The molecule has 0 aliphatic heterocycles. The van der Waals surface area contributed by atoms with Crippen molar-refractivity contribution in [2.24, 2.45) is 11.3 Å². The van der Waals surface area contributed by atoms with Crippen molar-refractivity contribution >= 4 is 38.9 Å². The number of thiophene rings is 1. The van der Waals surface area contributed by atoms with E-state index in [4.69, 9.17) is 0 Å². The summed E-state index contributed by atoms with van der Waals surface area (Å²) < 4.78 is 1.38. The third kappa shape index (κ3) is 8.91. The first-order valence-corrected chi connectivity index (χ1v) is 25.1. The number of hydrogen-bond acceptors (Lipinski definition) is 2. The van der Waals surface area contributed by atoms with Crippen LogP contribution in [-0.2, 0) is 12.8 Å². The van der Waals surface area contributed by atoms with Crippen LogP contribution in [0.15, 0.2) is 199 Å². The Kier molecular flexibility index (Phi) is 12.5. The summed E-state index contributed by atoms with van der Waals surface area (Å²) in [6, 6.07) is 46.3. The predicted octanol–water partition coefficient (Wildman–Crippen LogP) is 18.0. The van der Waals surface area contributed by atoms with E-state index in [0.717, 1.165) is 44.9 Å². The number of rotatable bonds is 11. The summed E-state index contributed by atoms with van der Waals surface area (Å²) in [4.78, 5) is 4.18. The first-order valence-electron chi connectivity index (χ1n) is 24.2. The molecular formula is C63H63NS. The number of allylic oxidation sites excluding steroid dienone is 12. The van der Waals surface area contributed by atoms with Crippen molar-refractivity contribution in [3.05, 3.63) is 232 Å². The molecule has 0 bridgehead atoms. The van der Waals surface area contributed by atoms with Gasteiger partial charge in [-0.15, -0.1) is 11.3 Å². The molecule has 0 radical (unpaired) electrons. The average molecular weight is 866 g/mol. The zero-order chi connectivity index (χ0) is 44.3. The number of fused-ring (bicyclic) bond motifs is 4. The molecule has 6 aromatic rings. The summed E-state index contributed by atoms with van der Waals surface area (Å²) >= 11 is 2.00. The number of hydrogen-bond donors (Lipinski definition) is 0. The molecule has 0 amide bonds. The highest BCUT2D eigenvalue weighted by molar-refractivity contribution is 7.19. The van der Waals surface area contributed by atoms with Crippen LogP contribution in [0.25, 0.3) is 27.3 Å². The van der Waals surface area contributed by atoms with Crippen molar-refractivity contribution in [2.75, 3.05) is 4.90 Å². The zero-order valence-corrected chi connectivity index (χ0v) is 39.4. The van der Waals surface area contributed by atoms with Gasteiger partial charge in [-0.25, -0.2) is 0 Å². The van der Waals surface area contributed by atoms with Gasteiger partial charge >= 0.3 is 0 Å². The molecule has 1 aromatic heterocycles. The van der Waals surface area contributed by atoms with E-state index < -0.39 is 0 Å². The van der Waals surface area contributed by atoms with Crippen LogP contribution in [0.4, 0.5) is 11.4 Å². The van der Waals surface area contributed by atoms with Gasteiger partial charge < -0.3 is 4.90 Å². The van der Waals surface area contributed by atoms with Gasteiger partial charge in [0.15, 0.2) is 0 Å². The van der Waals surface area contributed by atoms with Gasteiger partial charge in [-0.05, 0) is 156 Å². The maximum Gasteiger partial charge on any atom is 0.0551 e. The van der Waals surface area contributed by atoms with E-state index in [0.29, 0.717) is 17.8 Å². The summed E-state index contributed by atoms with van der Waals surface area (Å²) in [5.41, 5.74) is 18.2. The smallest absolute Gasteiger partial charge is 0.0551 e. The van der Waals surface area contributed by atoms with Crippen molar-refractivity contribution in [3.63, 3.8) is 0 Å². The van der Waals surface area contributed by atoms with Crippen molar-refractivity contribution < 1.29 is 0 Å². The first-order chi connectivity index (χ1) is 31.8. The topological polar surface area (TPSA) is 3.24 Å². The lowest BCUT2D eigenvalue weighted by Crippen LogP contribution is -2.32. The van der Waals surface area contributed by atoms with E-state index in [2.05, 4.69) is 202 Å². The van der Waals surface area contributed by atoms with Crippen LogP contribution in [0.5, 0.6) is 0 Å². The summed E-state index contributed by atoms with van der Waals surface area (Å²) in [7, 11) is 0. The molecule has 0 fully saturated rings. The molecule has 65 heavy (non-hydrogen) atoms. The SMILES string of the molecule is C=C/C=C(\C=C/CC1=Cc2c(sc3cccc(N(C4=CCC(C(C)(C)C)C(c5ccccc5-c5ccccc5)C4)c4ccc(C5CCCc6ccccc65)cc4)c23)CC1)C1=CC=CCC1. The Morgan fingerprint density at radius 3 is 2.42 bits per heavy atom. The molecule has 0 N–H and O–H groups in total. The minimum atomic E-state index is 0.133. The molecule has 3 unspecified atom stereocenters. The van der Waals surface area contributed by atoms with E-state index in [-0.39, 0.29) is 5.41 Å². The Morgan fingerprint density at radius 1 is 0.815 bits per heavy atom. The van der Waals surface area contributed by atoms with Gasteiger partial charge in [0.2, 0.25) is 0 Å². The van der Waals surface area contributed by atoms with Crippen molar-refractivity contribution in [3.8, 4) is 11.1 Å². The quantitative estimate of drug-likeness (QED) is 0.117. The molecule has 4 aliphatic carbocycles. The normalized spacial score (nSPS) is 19.9. The van der Waals surface area contributed by atoms with E-state index in [9.17, 15) is 0 Å². The maximum atomic E-state index is 4.03. The highest BCUT2D eigenvalue weighted by Crippen LogP contribution is 2.52. The van der Waals surface area contributed by atoms with Gasteiger partial charge in [0, 0.05) is 32.3 Å². The molecule has 0 saturated heterocycles. The largest absolute Gasteiger partial charge is 0.314 e. The Balaban J connectivity index is 1.07. The van der Waals surface area contributed by atoms with Crippen molar-refractivity contribution in [1.82, 2.24) is 0 Å². The number of nitrogens with zero attached hydrogens (tertiary/aromatic N) is 1. The van der Waals surface area contributed by atoms with Gasteiger partial charge in [0.25, 0.3) is 0 Å². The second kappa shape index (κ2) is 18.9. The molecule has 5 aromatic carbocycles. The van der Waals surface area contributed by atoms with Crippen molar-refractivity contribution in [1.29, 1.82) is 0 Å². The van der Waals surface area contributed by atoms with Crippen LogP contribution in [0.3, 0.4) is 0 Å². The summed E-state index contributed by atoms with van der Waals surface area (Å²) in [6.45, 7) is 11.4. The van der Waals surface area contributed by atoms with Gasteiger partial charge in [-0.3, -0.25) is 0 Å². The second-order valence-electron chi connectivity index (χ2n) is 19.8. The molecule has 4 aliphatic rings. The minimum Gasteiger partial charge on any atom is -0.314 e. The lowest BCUT2D eigenvalue weighted by atomic mass is 9.64. The molecule has 10 rings (SSSR count). The Labute approximate surface area is 392 Å². The highest BCUT2D eigenvalue weighted by Gasteiger charge is 2.38. The third-order valence-electron chi connectivity index (χ3n) is 14.7. The third-order valence-corrected chi connectivity index (χ3v) is 15.9. The van der Waals surface area contributed by atoms with Crippen LogP contribution in [0, 0.1) is 11.3 Å². The maximum absolute atomic E-state index is 4.03. The van der Waals surface area contributed by atoms with E-state index >= 15 is 0 Å². The molecule has 3 atom stereocenters. The van der Waals surface area contributed by atoms with Crippen LogP contribution < -0.4 is 4.90 Å². The minimum absolute atomic E-state index is 0.133. The van der Waals surface area contributed by atoms with E-state index in [1.54, 1.807) is 0 Å². The fraction of sp³-hybridized carbons (Fsp3) is 0.270. The monoisotopic (exact) mass is 865 g/mol. The Hall–Kier alpha value is -5.96. The van der Waals surface area contributed by atoms with Gasteiger partial charge in [0.1, 0.15) is 0 Å². The van der Waals surface area contributed by atoms with Crippen LogP contribution >= 0.6 is 11.3 Å². The first kappa shape index (κ1) is 43.0. The highest BCUT2D eigenvalue weighted by atomic mass is 32.1. The van der Waals surface area contributed by atoms with E-state index in [1.165, 1.54) is 107 Å². The summed E-state index contributed by atoms with van der Waals surface area (Å²) in [6.07, 6.45) is 31.6. The second-order valence-corrected chi connectivity index (χ2v) is 20.9. The number of benzene rings is 5. The van der Waals surface area contributed by atoms with Gasteiger partial charge in [0.05, 0.1) is 5.69 Å². The molecule has 326 valence electrons. The summed E-state index contributed by atoms with van der Waals surface area (Å²) in [5.74, 6) is 1.27. The fourth-order valence-corrected chi connectivity index (χ4v) is 12.7. The average Bonchev–Trinajstić information content (AvgIpc) is 3.73. The summed E-state index contributed by atoms with van der Waals surface area (Å²) in [5, 5.41) is 1.39. The molecule has 0 spiro atoms. The van der Waals surface area contributed by atoms with Crippen LogP contribution in [-0.4, -0.2) is 0 Å². The fourth-order valence-electron chi connectivity index (χ4n) is 11.5. The zero-order valence-electron chi connectivity index (χ0n) is 38.6. The van der Waals surface area contributed by atoms with E-state index in [1.807, 2.05) is 17.4 Å². The lowest BCUT2D eigenvalue weighted by molar-refractivity contribution is 0.192. The van der Waals surface area contributed by atoms with Crippen molar-refractivity contribution in [2.45, 2.75) is 96.8 Å². The molecule has 1 heterocycles. The molecule has 0 saturated carbocycles. The number of aryl methyl sites for hydroxylation is 2. The lowest BCUT2D eigenvalue weighted by Gasteiger charge is -2.43. The number of anilines is 2. The van der Waals surface area contributed by atoms with Crippen LogP contribution in [0.1, 0.15) is 117 Å². The standard InChI is InChI=1S/C63H63NS/c1-5-19-45(46-21-8-6-9-22-46)26-16-20-44-34-41-60-57(42-44)62-59(32-18-33-61(62)65-60)64(50-37-35-49(36-38-50)53-31-17-27-48-25-12-13-28-52(48)53)51-39-40-58(63(2,3)4)56(43-51)55-30-15-14-29-54(55)47-23-10-7-11-24-47/h5-8,10-16,18-19,21,23-26,28-30,32-33,35-39,42,53,56,58H,1,9,17,20,22,27,31,34,40-41,43H2,2-4H3/b26-16-,45-19+. The van der Waals surface area contributed by atoms with Crippen LogP contribution in [0.2, 0.25) is 0 Å². The molecular weight excluding hydrogens is 803 g/mol. The van der Waals surface area contributed by atoms with Gasteiger partial charge in [-0.1, -0.05) is 185 Å². The Morgan fingerprint density at radius 2 is 1.62 bits per heavy atom.